The Morgan fingerprint density at radius 3 is 2.65 bits per heavy atom. The fraction of sp³-hybridized carbons (Fsp3) is 0.174. The summed E-state index contributed by atoms with van der Waals surface area (Å²) in [4.78, 5) is 30.1. The van der Waals surface area contributed by atoms with E-state index in [0.29, 0.717) is 15.9 Å². The Hall–Kier alpha value is -3.70. The van der Waals surface area contributed by atoms with Gasteiger partial charge in [0.2, 0.25) is 5.91 Å². The Bertz CT molecular complexity index is 1500. The number of fused-ring (bicyclic) bond motifs is 1. The first-order valence-electron chi connectivity index (χ1n) is 10.3. The summed E-state index contributed by atoms with van der Waals surface area (Å²) in [6.45, 7) is 1.68. The van der Waals surface area contributed by atoms with E-state index in [1.165, 1.54) is 51.8 Å². The van der Waals surface area contributed by atoms with Crippen molar-refractivity contribution in [3.05, 3.63) is 76.7 Å². The Balaban J connectivity index is 1.62. The van der Waals surface area contributed by atoms with Gasteiger partial charge in [0.1, 0.15) is 17.1 Å². The Morgan fingerprint density at radius 2 is 1.94 bits per heavy atom. The maximum Gasteiger partial charge on any atom is 0.264 e. The third-order valence-electron chi connectivity index (χ3n) is 5.13. The van der Waals surface area contributed by atoms with E-state index in [9.17, 15) is 18.0 Å². The van der Waals surface area contributed by atoms with E-state index in [1.807, 2.05) is 6.07 Å². The molecule has 0 saturated heterocycles. The highest BCUT2D eigenvalue weighted by Gasteiger charge is 2.25. The van der Waals surface area contributed by atoms with E-state index in [1.54, 1.807) is 42.6 Å². The van der Waals surface area contributed by atoms with Gasteiger partial charge in [-0.15, -0.1) is 11.3 Å². The summed E-state index contributed by atoms with van der Waals surface area (Å²) in [5.41, 5.74) is 0.378. The van der Waals surface area contributed by atoms with Gasteiger partial charge in [-0.05, 0) is 48.7 Å². The second-order valence-electron chi connectivity index (χ2n) is 7.23. The number of methoxy groups -OCH3 is 1. The molecule has 0 unspecified atom stereocenters. The number of nitrogens with zero attached hydrogens (tertiary/aromatic N) is 3. The molecule has 0 spiro atoms. The number of carbonyl (C=O) groups is 1. The average molecular weight is 499 g/mol. The lowest BCUT2D eigenvalue weighted by Crippen LogP contribution is -2.31. The van der Waals surface area contributed by atoms with E-state index in [2.05, 4.69) is 10.3 Å². The molecule has 0 aliphatic carbocycles. The minimum atomic E-state index is -3.91. The van der Waals surface area contributed by atoms with Crippen LogP contribution >= 0.6 is 11.3 Å². The zero-order valence-corrected chi connectivity index (χ0v) is 20.1. The van der Waals surface area contributed by atoms with Crippen molar-refractivity contribution in [1.29, 1.82) is 0 Å². The largest absolute Gasteiger partial charge is 0.495 e. The van der Waals surface area contributed by atoms with Gasteiger partial charge in [-0.3, -0.25) is 18.5 Å². The molecule has 4 aromatic rings. The summed E-state index contributed by atoms with van der Waals surface area (Å²) < 4.78 is 34.5. The minimum Gasteiger partial charge on any atom is -0.495 e. The summed E-state index contributed by atoms with van der Waals surface area (Å²) in [6.07, 6.45) is 1.32. The second-order valence-corrected chi connectivity index (χ2v) is 9.99. The molecule has 1 amide bonds. The van der Waals surface area contributed by atoms with E-state index in [0.717, 1.165) is 0 Å². The molecule has 2 aromatic carbocycles. The van der Waals surface area contributed by atoms with Crippen LogP contribution in [0.15, 0.2) is 76.0 Å². The highest BCUT2D eigenvalue weighted by molar-refractivity contribution is 7.92. The molecule has 4 rings (SSSR count). The van der Waals surface area contributed by atoms with Crippen LogP contribution in [0.25, 0.3) is 10.2 Å². The second kappa shape index (κ2) is 9.65. The smallest absolute Gasteiger partial charge is 0.264 e. The summed E-state index contributed by atoms with van der Waals surface area (Å²) in [5, 5.41) is 4.85. The van der Waals surface area contributed by atoms with Crippen molar-refractivity contribution in [3.8, 4) is 5.75 Å². The third-order valence-corrected chi connectivity index (χ3v) is 7.85. The number of rotatable bonds is 8. The van der Waals surface area contributed by atoms with Gasteiger partial charge in [-0.2, -0.15) is 0 Å². The Kier molecular flexibility index (Phi) is 6.66. The molecule has 1 N–H and O–H groups in total. The number of nitrogens with one attached hydrogen (secondary N) is 1. The van der Waals surface area contributed by atoms with Crippen LogP contribution in [-0.4, -0.2) is 37.5 Å². The predicted octanol–water partition coefficient (Wildman–Crippen LogP) is 3.32. The summed E-state index contributed by atoms with van der Waals surface area (Å²) in [7, 11) is -2.49. The molecule has 0 bridgehead atoms. The molecule has 34 heavy (non-hydrogen) atoms. The zero-order valence-electron chi connectivity index (χ0n) is 18.5. The molecule has 0 atom stereocenters. The number of amides is 1. The number of aromatic nitrogens is 2. The molecule has 0 aliphatic heterocycles. The Morgan fingerprint density at radius 1 is 1.18 bits per heavy atom. The van der Waals surface area contributed by atoms with Gasteiger partial charge >= 0.3 is 0 Å². The first kappa shape index (κ1) is 23.5. The van der Waals surface area contributed by atoms with Crippen molar-refractivity contribution < 1.29 is 17.9 Å². The highest BCUT2D eigenvalue weighted by atomic mass is 32.2. The molecule has 11 heteroatoms. The molecular formula is C23H22N4O5S2. The molecule has 0 fully saturated rings. The van der Waals surface area contributed by atoms with E-state index < -0.39 is 15.9 Å². The van der Waals surface area contributed by atoms with Gasteiger partial charge in [-0.25, -0.2) is 13.4 Å². The van der Waals surface area contributed by atoms with Crippen LogP contribution in [0, 0.1) is 0 Å². The lowest BCUT2D eigenvalue weighted by Gasteiger charge is -2.23. The van der Waals surface area contributed by atoms with Gasteiger partial charge in [0.15, 0.2) is 0 Å². The summed E-state index contributed by atoms with van der Waals surface area (Å²) in [6, 6.07) is 14.7. The standard InChI is InChI=1S/C23H22N4O5S2/c1-3-27(16-7-5-4-6-8-16)34(30,31)17-9-10-20(32-2)19(13-17)25-21(28)14-26-15-24-22-18(23(26)29)11-12-33-22/h4-13,15H,3,14H2,1-2H3,(H,25,28). The van der Waals surface area contributed by atoms with Crippen LogP contribution in [-0.2, 0) is 21.4 Å². The summed E-state index contributed by atoms with van der Waals surface area (Å²) in [5.74, 6) is -0.240. The van der Waals surface area contributed by atoms with Crippen molar-refractivity contribution in [2.24, 2.45) is 0 Å². The lowest BCUT2D eigenvalue weighted by molar-refractivity contribution is -0.116. The number of anilines is 2. The van der Waals surface area contributed by atoms with Crippen molar-refractivity contribution in [2.45, 2.75) is 18.4 Å². The van der Waals surface area contributed by atoms with Crippen molar-refractivity contribution in [1.82, 2.24) is 9.55 Å². The zero-order chi connectivity index (χ0) is 24.3. The van der Waals surface area contributed by atoms with Crippen LogP contribution in [0.2, 0.25) is 0 Å². The topological polar surface area (TPSA) is 111 Å². The maximum absolute atomic E-state index is 13.4. The Labute approximate surface area is 200 Å². The number of thiophene rings is 1. The van der Waals surface area contributed by atoms with Crippen molar-refractivity contribution >= 4 is 48.9 Å². The van der Waals surface area contributed by atoms with Crippen LogP contribution in [0.3, 0.4) is 0 Å². The monoisotopic (exact) mass is 498 g/mol. The van der Waals surface area contributed by atoms with E-state index in [4.69, 9.17) is 4.74 Å². The minimum absolute atomic E-state index is 0.00664. The first-order chi connectivity index (χ1) is 16.3. The molecule has 0 radical (unpaired) electrons. The van der Waals surface area contributed by atoms with Gasteiger partial charge in [0.05, 0.1) is 35.1 Å². The van der Waals surface area contributed by atoms with Gasteiger partial charge < -0.3 is 10.1 Å². The highest BCUT2D eigenvalue weighted by Crippen LogP contribution is 2.30. The number of hydrogen-bond donors (Lipinski definition) is 1. The first-order valence-corrected chi connectivity index (χ1v) is 12.7. The number of hydrogen-bond acceptors (Lipinski definition) is 7. The third kappa shape index (κ3) is 4.52. The fourth-order valence-corrected chi connectivity index (χ4v) is 5.73. The fourth-order valence-electron chi connectivity index (χ4n) is 3.51. The number of ether oxygens (including phenoxy) is 1. The average Bonchev–Trinajstić information content (AvgIpc) is 3.31. The molecule has 2 heterocycles. The molecule has 2 aromatic heterocycles. The number of benzene rings is 2. The molecule has 0 aliphatic rings. The molecule has 0 saturated carbocycles. The molecule has 176 valence electrons. The molecule has 9 nitrogen and oxygen atoms in total. The van der Waals surface area contributed by atoms with Gasteiger partial charge in [0, 0.05) is 6.54 Å². The lowest BCUT2D eigenvalue weighted by atomic mass is 10.3. The predicted molar refractivity (Wildman–Crippen MR) is 132 cm³/mol. The van der Waals surface area contributed by atoms with Crippen LogP contribution in [0.1, 0.15) is 6.92 Å². The quantitative estimate of drug-likeness (QED) is 0.399. The van der Waals surface area contributed by atoms with Crippen LogP contribution in [0.5, 0.6) is 5.75 Å². The molecular weight excluding hydrogens is 476 g/mol. The normalized spacial score (nSPS) is 11.4. The van der Waals surface area contributed by atoms with E-state index in [-0.39, 0.29) is 35.0 Å². The number of carbonyl (C=O) groups excluding carboxylic acids is 1. The van der Waals surface area contributed by atoms with Crippen molar-refractivity contribution in [2.75, 3.05) is 23.3 Å². The van der Waals surface area contributed by atoms with E-state index >= 15 is 0 Å². The van der Waals surface area contributed by atoms with Gasteiger partial charge in [-0.1, -0.05) is 18.2 Å². The number of para-hydroxylation sites is 1. The summed E-state index contributed by atoms with van der Waals surface area (Å²) >= 11 is 1.34. The number of sulfonamides is 1. The van der Waals surface area contributed by atoms with Gasteiger partial charge in [0.25, 0.3) is 15.6 Å². The SMILES string of the molecule is CCN(c1ccccc1)S(=O)(=O)c1ccc(OC)c(NC(=O)Cn2cnc3sccc3c2=O)c1. The van der Waals surface area contributed by atoms with Crippen molar-refractivity contribution in [3.63, 3.8) is 0 Å². The maximum atomic E-state index is 13.4. The van der Waals surface area contributed by atoms with Crippen LogP contribution < -0.4 is 19.9 Å². The van der Waals surface area contributed by atoms with Crippen LogP contribution in [0.4, 0.5) is 11.4 Å².